The molecule has 2 N–H and O–H groups in total. The van der Waals surface area contributed by atoms with Gasteiger partial charge in [0, 0.05) is 5.56 Å². The van der Waals surface area contributed by atoms with Gasteiger partial charge in [0.15, 0.2) is 0 Å². The molecule has 0 radical (unpaired) electrons. The van der Waals surface area contributed by atoms with Crippen LogP contribution in [-0.2, 0) is 15.0 Å². The first-order chi connectivity index (χ1) is 10.8. The summed E-state index contributed by atoms with van der Waals surface area (Å²) in [6.45, 7) is 3.69. The molecule has 1 aliphatic carbocycles. The lowest BCUT2D eigenvalue weighted by molar-refractivity contribution is -0.144. The van der Waals surface area contributed by atoms with Gasteiger partial charge in [-0.15, -0.1) is 0 Å². The molecule has 0 spiro atoms. The number of carbonyl (C=O) groups is 2. The summed E-state index contributed by atoms with van der Waals surface area (Å²) in [5.74, 6) is -3.22. The van der Waals surface area contributed by atoms with Crippen molar-refractivity contribution < 1.29 is 23.5 Å². The highest BCUT2D eigenvalue weighted by Gasteiger charge is 2.49. The van der Waals surface area contributed by atoms with E-state index in [9.17, 15) is 23.5 Å². The maximum Gasteiger partial charge on any atom is 0.326 e. The summed E-state index contributed by atoms with van der Waals surface area (Å²) in [6.07, 6.45) is 1.55. The minimum atomic E-state index is -1.31. The maximum atomic E-state index is 14.1. The molecule has 0 heterocycles. The zero-order valence-corrected chi connectivity index (χ0v) is 13.2. The van der Waals surface area contributed by atoms with Gasteiger partial charge < -0.3 is 10.4 Å². The number of amides is 1. The lowest BCUT2D eigenvalue weighted by Gasteiger charge is -2.41. The molecule has 1 saturated carbocycles. The third-order valence-corrected chi connectivity index (χ3v) is 4.39. The van der Waals surface area contributed by atoms with Crippen molar-refractivity contribution >= 4 is 11.9 Å². The van der Waals surface area contributed by atoms with Crippen molar-refractivity contribution in [2.75, 3.05) is 0 Å². The molecule has 1 aromatic rings. The lowest BCUT2D eigenvalue weighted by atomic mass is 9.63. The third kappa shape index (κ3) is 3.35. The van der Waals surface area contributed by atoms with Crippen molar-refractivity contribution in [1.29, 1.82) is 0 Å². The first-order valence-electron chi connectivity index (χ1n) is 7.76. The molecule has 4 nitrogen and oxygen atoms in total. The highest BCUT2D eigenvalue weighted by Crippen LogP contribution is 2.46. The van der Waals surface area contributed by atoms with E-state index in [2.05, 4.69) is 5.32 Å². The summed E-state index contributed by atoms with van der Waals surface area (Å²) < 4.78 is 28.2. The Bertz CT molecular complexity index is 592. The number of halogens is 2. The number of carbonyl (C=O) groups excluding carboxylic acids is 1. The van der Waals surface area contributed by atoms with Crippen molar-refractivity contribution in [3.63, 3.8) is 0 Å². The van der Waals surface area contributed by atoms with E-state index in [0.29, 0.717) is 19.3 Å². The average molecular weight is 325 g/mol. The summed E-state index contributed by atoms with van der Waals surface area (Å²) in [7, 11) is 0. The number of carboxylic acid groups (broad SMARTS) is 1. The van der Waals surface area contributed by atoms with Crippen LogP contribution in [0.3, 0.4) is 0 Å². The Hall–Kier alpha value is -1.98. The fraction of sp³-hybridized carbons (Fsp3) is 0.529. The molecule has 0 unspecified atom stereocenters. The number of aliphatic carboxylic acids is 1. The van der Waals surface area contributed by atoms with Gasteiger partial charge in [-0.25, -0.2) is 13.6 Å². The van der Waals surface area contributed by atoms with Crippen molar-refractivity contribution in [3.8, 4) is 0 Å². The second-order valence-electron chi connectivity index (χ2n) is 6.53. The predicted octanol–water partition coefficient (Wildman–Crippen LogP) is 3.00. The van der Waals surface area contributed by atoms with Crippen molar-refractivity contribution in [1.82, 2.24) is 5.32 Å². The third-order valence-electron chi connectivity index (χ3n) is 4.39. The Balaban J connectivity index is 2.29. The van der Waals surface area contributed by atoms with Gasteiger partial charge in [0.05, 0.1) is 5.41 Å². The van der Waals surface area contributed by atoms with Crippen LogP contribution in [-0.4, -0.2) is 23.0 Å². The van der Waals surface area contributed by atoms with E-state index in [4.69, 9.17) is 0 Å². The molecule has 6 heteroatoms. The van der Waals surface area contributed by atoms with E-state index in [1.54, 1.807) is 0 Å². The molecule has 0 bridgehead atoms. The molecule has 0 aromatic heterocycles. The Labute approximate surface area is 133 Å². The maximum absolute atomic E-state index is 14.1. The van der Waals surface area contributed by atoms with Crippen LogP contribution in [0.15, 0.2) is 18.2 Å². The van der Waals surface area contributed by atoms with E-state index in [1.807, 2.05) is 13.8 Å². The standard InChI is InChI=1S/C17H21F2NO3/c1-10(2)9-13(15(21)22)20-16(23)17(7-4-8-17)14-11(18)5-3-6-12(14)19/h3,5-6,10,13H,4,7-9H2,1-2H3,(H,20,23)(H,21,22)/t13-/m1/s1. The van der Waals surface area contributed by atoms with E-state index in [0.717, 1.165) is 12.1 Å². The van der Waals surface area contributed by atoms with Gasteiger partial charge in [0.25, 0.3) is 0 Å². The molecule has 1 aromatic carbocycles. The highest BCUT2D eigenvalue weighted by atomic mass is 19.1. The summed E-state index contributed by atoms with van der Waals surface area (Å²) in [5.41, 5.74) is -1.56. The van der Waals surface area contributed by atoms with Gasteiger partial charge in [-0.1, -0.05) is 26.3 Å². The second-order valence-corrected chi connectivity index (χ2v) is 6.53. The largest absolute Gasteiger partial charge is 0.480 e. The molecule has 1 amide bonds. The van der Waals surface area contributed by atoms with Gasteiger partial charge in [-0.2, -0.15) is 0 Å². The zero-order valence-electron chi connectivity index (χ0n) is 13.2. The molecule has 2 rings (SSSR count). The van der Waals surface area contributed by atoms with Gasteiger partial charge in [-0.05, 0) is 37.3 Å². The van der Waals surface area contributed by atoms with Crippen molar-refractivity contribution in [2.45, 2.75) is 51.0 Å². The van der Waals surface area contributed by atoms with Crippen LogP contribution in [0.1, 0.15) is 45.1 Å². The number of nitrogens with one attached hydrogen (secondary N) is 1. The molecule has 1 atom stereocenters. The minimum absolute atomic E-state index is 0.0685. The highest BCUT2D eigenvalue weighted by molar-refractivity contribution is 5.92. The number of rotatable bonds is 6. The van der Waals surface area contributed by atoms with Crippen LogP contribution in [0.5, 0.6) is 0 Å². The second kappa shape index (κ2) is 6.64. The van der Waals surface area contributed by atoms with E-state index >= 15 is 0 Å². The van der Waals surface area contributed by atoms with Gasteiger partial charge in [-0.3, -0.25) is 4.79 Å². The first kappa shape index (κ1) is 17.4. The van der Waals surface area contributed by atoms with E-state index in [-0.39, 0.29) is 17.9 Å². The molecular formula is C17H21F2NO3. The zero-order chi connectivity index (χ0) is 17.2. The number of carboxylic acids is 1. The Morgan fingerprint density at radius 2 is 1.83 bits per heavy atom. The predicted molar refractivity (Wildman–Crippen MR) is 80.9 cm³/mol. The molecule has 0 saturated heterocycles. The monoisotopic (exact) mass is 325 g/mol. The number of benzene rings is 1. The van der Waals surface area contributed by atoms with Crippen LogP contribution in [0.2, 0.25) is 0 Å². The smallest absolute Gasteiger partial charge is 0.326 e. The summed E-state index contributed by atoms with van der Waals surface area (Å²) in [5, 5.41) is 11.7. The Morgan fingerprint density at radius 1 is 1.26 bits per heavy atom. The fourth-order valence-corrected chi connectivity index (χ4v) is 3.07. The summed E-state index contributed by atoms with van der Waals surface area (Å²) in [4.78, 5) is 24.0. The van der Waals surface area contributed by atoms with Crippen LogP contribution in [0.25, 0.3) is 0 Å². The first-order valence-corrected chi connectivity index (χ1v) is 7.76. The fourth-order valence-electron chi connectivity index (χ4n) is 3.07. The molecule has 0 aliphatic heterocycles. The summed E-state index contributed by atoms with van der Waals surface area (Å²) in [6, 6.07) is 2.43. The minimum Gasteiger partial charge on any atom is -0.480 e. The van der Waals surface area contributed by atoms with Gasteiger partial charge in [0.2, 0.25) is 5.91 Å². The van der Waals surface area contributed by atoms with E-state index in [1.165, 1.54) is 6.07 Å². The lowest BCUT2D eigenvalue weighted by Crippen LogP contribution is -2.54. The van der Waals surface area contributed by atoms with Crippen molar-refractivity contribution in [3.05, 3.63) is 35.4 Å². The molecular weight excluding hydrogens is 304 g/mol. The quantitative estimate of drug-likeness (QED) is 0.845. The normalized spacial score (nSPS) is 17.4. The SMILES string of the molecule is CC(C)C[C@@H](NC(=O)C1(c2c(F)cccc2F)CCC1)C(=O)O. The van der Waals surface area contributed by atoms with Crippen LogP contribution in [0.4, 0.5) is 8.78 Å². The number of hydrogen-bond donors (Lipinski definition) is 2. The van der Waals surface area contributed by atoms with Crippen LogP contribution < -0.4 is 5.32 Å². The van der Waals surface area contributed by atoms with Gasteiger partial charge in [0.1, 0.15) is 17.7 Å². The Kier molecular flexibility index (Phi) is 5.02. The molecule has 1 aliphatic rings. The average Bonchev–Trinajstić information content (AvgIpc) is 2.39. The molecule has 1 fully saturated rings. The topological polar surface area (TPSA) is 66.4 Å². The molecule has 126 valence electrons. The summed E-state index contributed by atoms with van der Waals surface area (Å²) >= 11 is 0. The molecule has 23 heavy (non-hydrogen) atoms. The van der Waals surface area contributed by atoms with Gasteiger partial charge >= 0.3 is 5.97 Å². The van der Waals surface area contributed by atoms with E-state index < -0.39 is 35.0 Å². The van der Waals surface area contributed by atoms with Crippen LogP contribution in [0, 0.1) is 17.6 Å². The van der Waals surface area contributed by atoms with Crippen LogP contribution >= 0.6 is 0 Å². The van der Waals surface area contributed by atoms with Crippen molar-refractivity contribution in [2.24, 2.45) is 5.92 Å². The Morgan fingerprint density at radius 3 is 2.22 bits per heavy atom. The number of hydrogen-bond acceptors (Lipinski definition) is 2.